The number of nitrogens with zero attached hydrogens (tertiary/aromatic N) is 3. The van der Waals surface area contributed by atoms with Crippen molar-refractivity contribution in [3.8, 4) is 22.9 Å². The quantitative estimate of drug-likeness (QED) is 0.325. The van der Waals surface area contributed by atoms with E-state index in [1.54, 1.807) is 0 Å². The lowest BCUT2D eigenvalue weighted by atomic mass is 9.95. The molecule has 2 saturated heterocycles. The molecule has 6 rings (SSSR count). The second-order valence-electron chi connectivity index (χ2n) is 10.9. The topological polar surface area (TPSA) is 115 Å². The van der Waals surface area contributed by atoms with E-state index >= 15 is 4.39 Å². The van der Waals surface area contributed by atoms with Gasteiger partial charge in [-0.1, -0.05) is 0 Å². The number of hydrogen-bond donors (Lipinski definition) is 3. The van der Waals surface area contributed by atoms with E-state index in [9.17, 15) is 18.0 Å². The van der Waals surface area contributed by atoms with Crippen LogP contribution in [-0.2, 0) is 0 Å². The van der Waals surface area contributed by atoms with Crippen molar-refractivity contribution in [1.82, 2.24) is 20.6 Å². The molecule has 3 aliphatic rings. The number of fused-ring (bicyclic) bond motifs is 5. The van der Waals surface area contributed by atoms with Gasteiger partial charge in [0.15, 0.2) is 5.82 Å². The monoisotopic (exact) mass is 560 g/mol. The third-order valence-electron chi connectivity index (χ3n) is 8.09. The Kier molecular flexibility index (Phi) is 5.81. The van der Waals surface area contributed by atoms with Crippen molar-refractivity contribution in [3.63, 3.8) is 0 Å². The molecule has 2 bridgehead atoms. The molecule has 0 spiro atoms. The normalized spacial score (nSPS) is 25.3. The Morgan fingerprint density at radius 2 is 2.05 bits per heavy atom. The summed E-state index contributed by atoms with van der Waals surface area (Å²) >= 11 is 0. The number of rotatable bonds is 3. The molecule has 0 saturated carbocycles. The highest BCUT2D eigenvalue weighted by molar-refractivity contribution is 6.07. The molecule has 4 N–H and O–H groups in total. The number of ether oxygens (including phenoxy) is 2. The van der Waals surface area contributed by atoms with Gasteiger partial charge in [0.05, 0.1) is 11.4 Å². The number of carbonyl (C=O) groups is 1. The first-order valence-electron chi connectivity index (χ1n) is 12.9. The highest BCUT2D eigenvalue weighted by Crippen LogP contribution is 2.48. The summed E-state index contributed by atoms with van der Waals surface area (Å²) in [6, 6.07) is 3.21. The summed E-state index contributed by atoms with van der Waals surface area (Å²) in [6.45, 7) is 6.04. The molecule has 13 heteroatoms. The summed E-state index contributed by atoms with van der Waals surface area (Å²) in [4.78, 5) is 24.2. The van der Waals surface area contributed by atoms with Crippen LogP contribution in [0.4, 0.5) is 29.1 Å². The van der Waals surface area contributed by atoms with Crippen LogP contribution in [0.3, 0.4) is 0 Å². The number of nitrogens with two attached hydrogens (primary N) is 1. The predicted octanol–water partition coefficient (Wildman–Crippen LogP) is 4.06. The number of halogens is 4. The smallest absolute Gasteiger partial charge is 0.472 e. The van der Waals surface area contributed by atoms with Crippen molar-refractivity contribution in [3.05, 3.63) is 35.3 Å². The molecule has 4 unspecified atom stereocenters. The van der Waals surface area contributed by atoms with Gasteiger partial charge in [-0.15, -0.1) is 13.2 Å². The van der Waals surface area contributed by atoms with Crippen molar-refractivity contribution < 1.29 is 31.8 Å². The van der Waals surface area contributed by atoms with Gasteiger partial charge >= 0.3 is 6.36 Å². The number of piperazine rings is 1. The van der Waals surface area contributed by atoms with Crippen LogP contribution in [0.15, 0.2) is 18.2 Å². The number of amides is 1. The summed E-state index contributed by atoms with van der Waals surface area (Å²) in [5, 5.41) is 6.45. The molecule has 2 fully saturated rings. The first-order valence-corrected chi connectivity index (χ1v) is 12.9. The Hall–Kier alpha value is -3.87. The average Bonchev–Trinajstić information content (AvgIpc) is 3.13. The third-order valence-corrected chi connectivity index (χ3v) is 8.09. The first kappa shape index (κ1) is 26.4. The highest BCUT2D eigenvalue weighted by atomic mass is 19.4. The van der Waals surface area contributed by atoms with E-state index in [-0.39, 0.29) is 56.8 Å². The van der Waals surface area contributed by atoms with Gasteiger partial charge in [-0.25, -0.2) is 14.4 Å². The second kappa shape index (κ2) is 8.82. The number of pyridine rings is 2. The zero-order chi connectivity index (χ0) is 28.7. The van der Waals surface area contributed by atoms with Crippen LogP contribution >= 0.6 is 0 Å². The first-order chi connectivity index (χ1) is 18.8. The highest BCUT2D eigenvalue weighted by Gasteiger charge is 2.51. The number of nitrogen functional groups attached to an aromatic ring is 1. The standard InChI is InChI=1S/C27H28F4N6O3/c1-11-17-18-23(34-20(11)24(38)33-4)37-10-26(3)8-7-15(36-26)22(37)12(2)39-25(18)35-21(19(17)28)14-9-13(32)5-6-16(14)40-27(29,30)31/h5-6,9,12,15,22,36H,7-8,10,32H2,1-4H3,(H,33,38). The van der Waals surface area contributed by atoms with E-state index in [0.29, 0.717) is 12.4 Å². The minimum absolute atomic E-state index is 0.00349. The summed E-state index contributed by atoms with van der Waals surface area (Å²) in [6.07, 6.45) is -3.70. The molecule has 1 amide bonds. The van der Waals surface area contributed by atoms with E-state index in [2.05, 4.69) is 32.2 Å². The Labute approximate surface area is 227 Å². The van der Waals surface area contributed by atoms with Gasteiger partial charge in [-0.3, -0.25) is 4.79 Å². The lowest BCUT2D eigenvalue weighted by molar-refractivity contribution is -0.274. The van der Waals surface area contributed by atoms with Gasteiger partial charge < -0.3 is 30.7 Å². The van der Waals surface area contributed by atoms with Gasteiger partial charge in [0, 0.05) is 41.8 Å². The second-order valence-corrected chi connectivity index (χ2v) is 10.9. The number of aromatic nitrogens is 2. The summed E-state index contributed by atoms with van der Waals surface area (Å²) in [5.74, 6) is -1.79. The van der Waals surface area contributed by atoms with Crippen molar-refractivity contribution in [2.75, 3.05) is 24.2 Å². The maximum Gasteiger partial charge on any atom is 0.573 e. The SMILES string of the molecule is CNC(=O)c1nc2c3c(nc(-c4cc(N)ccc4OC(F)(F)F)c(F)c3c1C)OC(C)C1C3CCC(C)(CN21)N3. The molecular weight excluding hydrogens is 532 g/mol. The van der Waals surface area contributed by atoms with Crippen LogP contribution < -0.4 is 30.7 Å². The Bertz CT molecular complexity index is 1560. The average molecular weight is 561 g/mol. The van der Waals surface area contributed by atoms with Crippen LogP contribution in [0.1, 0.15) is 42.7 Å². The summed E-state index contributed by atoms with van der Waals surface area (Å²) in [5.41, 5.74) is 5.18. The summed E-state index contributed by atoms with van der Waals surface area (Å²) in [7, 11) is 1.44. The molecule has 9 nitrogen and oxygen atoms in total. The van der Waals surface area contributed by atoms with Crippen molar-refractivity contribution in [2.24, 2.45) is 0 Å². The fourth-order valence-electron chi connectivity index (χ4n) is 6.41. The zero-order valence-corrected chi connectivity index (χ0v) is 22.2. The summed E-state index contributed by atoms with van der Waals surface area (Å²) < 4.78 is 67.0. The van der Waals surface area contributed by atoms with E-state index in [4.69, 9.17) is 15.5 Å². The molecule has 2 aromatic heterocycles. The molecule has 0 aliphatic carbocycles. The van der Waals surface area contributed by atoms with Gasteiger partial charge in [0.25, 0.3) is 5.91 Å². The Morgan fingerprint density at radius 3 is 2.75 bits per heavy atom. The fraction of sp³-hybridized carbons (Fsp3) is 0.444. The number of benzene rings is 1. The Morgan fingerprint density at radius 1 is 1.30 bits per heavy atom. The number of nitrogens with one attached hydrogen (secondary N) is 2. The minimum Gasteiger partial charge on any atom is -0.472 e. The molecule has 3 aliphatic heterocycles. The van der Waals surface area contributed by atoms with Crippen LogP contribution in [0.2, 0.25) is 0 Å². The lowest BCUT2D eigenvalue weighted by Gasteiger charge is -2.46. The number of aryl methyl sites for hydroxylation is 1. The molecule has 40 heavy (non-hydrogen) atoms. The fourth-order valence-corrected chi connectivity index (χ4v) is 6.41. The molecule has 0 radical (unpaired) electrons. The number of carbonyl (C=O) groups excluding carboxylic acids is 1. The minimum atomic E-state index is -5.04. The van der Waals surface area contributed by atoms with Crippen LogP contribution in [0.5, 0.6) is 11.6 Å². The van der Waals surface area contributed by atoms with E-state index in [1.807, 2.05) is 6.92 Å². The number of alkyl halides is 3. The molecule has 1 aromatic carbocycles. The molecule has 4 atom stereocenters. The van der Waals surface area contributed by atoms with E-state index in [1.165, 1.54) is 20.0 Å². The van der Waals surface area contributed by atoms with E-state index < -0.39 is 35.6 Å². The van der Waals surface area contributed by atoms with Crippen molar-refractivity contribution in [1.29, 1.82) is 0 Å². The van der Waals surface area contributed by atoms with Crippen molar-refractivity contribution in [2.45, 2.75) is 63.7 Å². The molecular formula is C27H28F4N6O3. The molecule has 212 valence electrons. The van der Waals surface area contributed by atoms with Crippen molar-refractivity contribution >= 4 is 28.2 Å². The van der Waals surface area contributed by atoms with Gasteiger partial charge in [-0.2, -0.15) is 0 Å². The van der Waals surface area contributed by atoms with E-state index in [0.717, 1.165) is 25.0 Å². The van der Waals surface area contributed by atoms with Gasteiger partial charge in [0.2, 0.25) is 5.88 Å². The van der Waals surface area contributed by atoms with Crippen LogP contribution in [0.25, 0.3) is 22.0 Å². The largest absolute Gasteiger partial charge is 0.573 e. The predicted molar refractivity (Wildman–Crippen MR) is 140 cm³/mol. The number of hydrogen-bond acceptors (Lipinski definition) is 8. The van der Waals surface area contributed by atoms with Crippen LogP contribution in [-0.4, -0.2) is 59.6 Å². The Balaban J connectivity index is 1.68. The zero-order valence-electron chi connectivity index (χ0n) is 22.2. The molecule has 5 heterocycles. The van der Waals surface area contributed by atoms with Crippen LogP contribution in [0, 0.1) is 12.7 Å². The molecule has 3 aromatic rings. The van der Waals surface area contributed by atoms with Gasteiger partial charge in [-0.05, 0) is 57.4 Å². The maximum atomic E-state index is 16.6. The number of anilines is 2. The van der Waals surface area contributed by atoms with Gasteiger partial charge in [0.1, 0.15) is 29.1 Å². The third kappa shape index (κ3) is 4.05. The lowest BCUT2D eigenvalue weighted by Crippen LogP contribution is -2.66. The maximum absolute atomic E-state index is 16.6.